The second kappa shape index (κ2) is 8.11. The second-order valence-corrected chi connectivity index (χ2v) is 7.90. The monoisotopic (exact) mass is 419 g/mol. The number of nitrogens with one attached hydrogen (secondary N) is 3. The number of hydrogen-bond acceptors (Lipinski definition) is 6. The van der Waals surface area contributed by atoms with Crippen LogP contribution in [0.2, 0.25) is 10.0 Å². The van der Waals surface area contributed by atoms with E-state index < -0.39 is 0 Å². The van der Waals surface area contributed by atoms with Gasteiger partial charge in [0, 0.05) is 24.3 Å². The van der Waals surface area contributed by atoms with Crippen molar-refractivity contribution in [2.75, 3.05) is 30.3 Å². The van der Waals surface area contributed by atoms with Gasteiger partial charge in [0.1, 0.15) is 5.82 Å². The summed E-state index contributed by atoms with van der Waals surface area (Å²) in [5, 5.41) is 7.65. The zero-order chi connectivity index (χ0) is 19.7. The maximum absolute atomic E-state index is 6.08. The summed E-state index contributed by atoms with van der Waals surface area (Å²) in [6.45, 7) is 7.44. The molecule has 148 valence electrons. The first-order chi connectivity index (χ1) is 13.5. The van der Waals surface area contributed by atoms with Crippen LogP contribution in [0, 0.1) is 6.92 Å². The zero-order valence-electron chi connectivity index (χ0n) is 15.9. The summed E-state index contributed by atoms with van der Waals surface area (Å²) in [4.78, 5) is 19.2. The third kappa shape index (κ3) is 4.32. The molecule has 0 spiro atoms. The number of aromatic amines is 1. The summed E-state index contributed by atoms with van der Waals surface area (Å²) in [5.41, 5.74) is 2.40. The maximum atomic E-state index is 6.08. The fraction of sp³-hybridized carbons (Fsp3) is 0.421. The van der Waals surface area contributed by atoms with Crippen LogP contribution in [0.5, 0.6) is 0 Å². The molecule has 1 aliphatic heterocycles. The minimum atomic E-state index is 0.395. The Morgan fingerprint density at radius 2 is 2.00 bits per heavy atom. The van der Waals surface area contributed by atoms with Crippen LogP contribution in [0.1, 0.15) is 25.5 Å². The number of piperidine rings is 1. The van der Waals surface area contributed by atoms with Gasteiger partial charge in [-0.05, 0) is 45.0 Å². The number of halogens is 2. The van der Waals surface area contributed by atoms with E-state index in [1.807, 2.05) is 13.0 Å². The number of aryl methyl sites for hydroxylation is 1. The molecule has 3 N–H and O–H groups in total. The van der Waals surface area contributed by atoms with Gasteiger partial charge in [-0.2, -0.15) is 4.98 Å². The van der Waals surface area contributed by atoms with Crippen LogP contribution in [-0.2, 0) is 0 Å². The number of H-pyrrole nitrogens is 1. The number of likely N-dealkylation sites (N-methyl/N-ethyl adjacent to an activating group) is 1. The first-order valence-electron chi connectivity index (χ1n) is 9.46. The molecule has 0 radical (unpaired) electrons. The van der Waals surface area contributed by atoms with E-state index in [4.69, 9.17) is 23.2 Å². The lowest BCUT2D eigenvalue weighted by molar-refractivity contribution is 0.226. The molecule has 28 heavy (non-hydrogen) atoms. The molecule has 0 aliphatic carbocycles. The molecule has 0 saturated carbocycles. The average molecular weight is 420 g/mol. The van der Waals surface area contributed by atoms with Gasteiger partial charge in [0.2, 0.25) is 11.9 Å². The highest BCUT2D eigenvalue weighted by Crippen LogP contribution is 2.28. The topological polar surface area (TPSA) is 81.8 Å². The third-order valence-corrected chi connectivity index (χ3v) is 5.64. The van der Waals surface area contributed by atoms with Crippen molar-refractivity contribution in [3.63, 3.8) is 0 Å². The molecule has 0 bridgehead atoms. The summed E-state index contributed by atoms with van der Waals surface area (Å²) in [7, 11) is 0. The van der Waals surface area contributed by atoms with E-state index in [1.165, 1.54) is 13.0 Å². The third-order valence-electron chi connectivity index (χ3n) is 4.91. The molecule has 1 atom stereocenters. The molecule has 1 aromatic carbocycles. The molecule has 4 rings (SSSR count). The number of nitrogens with zero attached hydrogens (tertiary/aromatic N) is 4. The Bertz CT molecular complexity index is 949. The van der Waals surface area contributed by atoms with E-state index in [1.54, 1.807) is 12.1 Å². The van der Waals surface area contributed by atoms with Crippen molar-refractivity contribution in [2.24, 2.45) is 0 Å². The molecular weight excluding hydrogens is 397 g/mol. The Hall–Kier alpha value is -2.09. The van der Waals surface area contributed by atoms with Gasteiger partial charge in [-0.15, -0.1) is 0 Å². The molecule has 1 saturated heterocycles. The van der Waals surface area contributed by atoms with Crippen molar-refractivity contribution in [1.29, 1.82) is 0 Å². The van der Waals surface area contributed by atoms with E-state index in [0.717, 1.165) is 42.1 Å². The van der Waals surface area contributed by atoms with Crippen molar-refractivity contribution in [1.82, 2.24) is 24.8 Å². The lowest BCUT2D eigenvalue weighted by Crippen LogP contribution is -2.42. The summed E-state index contributed by atoms with van der Waals surface area (Å²) in [6.07, 6.45) is 2.35. The van der Waals surface area contributed by atoms with Crippen LogP contribution < -0.4 is 10.6 Å². The largest absolute Gasteiger partial charge is 0.366 e. The lowest BCUT2D eigenvalue weighted by Gasteiger charge is -2.32. The molecule has 3 heterocycles. The predicted molar refractivity (Wildman–Crippen MR) is 115 cm³/mol. The van der Waals surface area contributed by atoms with Gasteiger partial charge in [0.15, 0.2) is 0 Å². The Kier molecular flexibility index (Phi) is 5.57. The quantitative estimate of drug-likeness (QED) is 0.560. The number of hydrogen-bond donors (Lipinski definition) is 3. The van der Waals surface area contributed by atoms with E-state index in [0.29, 0.717) is 28.0 Å². The van der Waals surface area contributed by atoms with E-state index in [-0.39, 0.29) is 0 Å². The maximum Gasteiger partial charge on any atom is 0.231 e. The average Bonchev–Trinajstić information content (AvgIpc) is 3.02. The van der Waals surface area contributed by atoms with Crippen molar-refractivity contribution >= 4 is 51.9 Å². The van der Waals surface area contributed by atoms with Crippen molar-refractivity contribution < 1.29 is 0 Å². The molecule has 1 aliphatic rings. The minimum absolute atomic E-state index is 0.395. The van der Waals surface area contributed by atoms with Crippen LogP contribution in [0.3, 0.4) is 0 Å². The van der Waals surface area contributed by atoms with Gasteiger partial charge in [0.25, 0.3) is 0 Å². The van der Waals surface area contributed by atoms with Crippen molar-refractivity contribution in [2.45, 2.75) is 32.7 Å². The normalized spacial score (nSPS) is 17.8. The van der Waals surface area contributed by atoms with Gasteiger partial charge in [-0.3, -0.25) is 5.32 Å². The standard InChI is InChI=1S/C19H23Cl2N7/c1-3-28-6-4-5-12(10-28)23-17-7-11(2)22-18(26-17)27-19-24-15-8-13(20)14(21)9-16(15)25-19/h7-9,12H,3-6,10H2,1-2H3,(H3,22,23,24,25,26,27). The molecule has 9 heteroatoms. The van der Waals surface area contributed by atoms with Crippen LogP contribution in [0.25, 0.3) is 11.0 Å². The van der Waals surface area contributed by atoms with Crippen LogP contribution >= 0.6 is 23.2 Å². The molecular formula is C19H23Cl2N7. The molecule has 7 nitrogen and oxygen atoms in total. The van der Waals surface area contributed by atoms with Gasteiger partial charge in [0.05, 0.1) is 21.1 Å². The Labute approximate surface area is 173 Å². The highest BCUT2D eigenvalue weighted by Gasteiger charge is 2.19. The SMILES string of the molecule is CCN1CCCC(Nc2cc(C)nc(Nc3nc4cc(Cl)c(Cl)cc4[nH]3)n2)C1. The highest BCUT2D eigenvalue weighted by atomic mass is 35.5. The van der Waals surface area contributed by atoms with Gasteiger partial charge in [-0.25, -0.2) is 9.97 Å². The van der Waals surface area contributed by atoms with Crippen LogP contribution in [-0.4, -0.2) is 50.5 Å². The molecule has 1 fully saturated rings. The number of aromatic nitrogens is 4. The fourth-order valence-corrected chi connectivity index (χ4v) is 3.86. The summed E-state index contributed by atoms with van der Waals surface area (Å²) < 4.78 is 0. The number of fused-ring (bicyclic) bond motifs is 1. The number of rotatable bonds is 5. The van der Waals surface area contributed by atoms with E-state index in [2.05, 4.69) is 42.4 Å². The van der Waals surface area contributed by atoms with Gasteiger partial charge in [-0.1, -0.05) is 30.1 Å². The summed E-state index contributed by atoms with van der Waals surface area (Å²) in [5.74, 6) is 1.85. The summed E-state index contributed by atoms with van der Waals surface area (Å²) in [6, 6.07) is 5.84. The van der Waals surface area contributed by atoms with Gasteiger partial charge < -0.3 is 15.2 Å². The number of anilines is 3. The molecule has 0 amide bonds. The Morgan fingerprint density at radius 1 is 1.18 bits per heavy atom. The minimum Gasteiger partial charge on any atom is -0.366 e. The lowest BCUT2D eigenvalue weighted by atomic mass is 10.1. The number of benzene rings is 1. The van der Waals surface area contributed by atoms with E-state index in [9.17, 15) is 0 Å². The first-order valence-corrected chi connectivity index (χ1v) is 10.2. The Balaban J connectivity index is 1.52. The second-order valence-electron chi connectivity index (χ2n) is 7.09. The fourth-order valence-electron chi connectivity index (χ4n) is 3.54. The molecule has 2 aromatic heterocycles. The van der Waals surface area contributed by atoms with E-state index >= 15 is 0 Å². The highest BCUT2D eigenvalue weighted by molar-refractivity contribution is 6.42. The number of likely N-dealkylation sites (tertiary alicyclic amines) is 1. The van der Waals surface area contributed by atoms with Crippen molar-refractivity contribution in [3.8, 4) is 0 Å². The predicted octanol–water partition coefficient (Wildman–Crippen LogP) is 4.61. The summed E-state index contributed by atoms with van der Waals surface area (Å²) >= 11 is 12.1. The van der Waals surface area contributed by atoms with Crippen LogP contribution in [0.15, 0.2) is 18.2 Å². The zero-order valence-corrected chi connectivity index (χ0v) is 17.4. The van der Waals surface area contributed by atoms with Crippen molar-refractivity contribution in [3.05, 3.63) is 33.9 Å². The smallest absolute Gasteiger partial charge is 0.231 e. The van der Waals surface area contributed by atoms with Crippen LogP contribution in [0.4, 0.5) is 17.7 Å². The molecule has 3 aromatic rings. The Morgan fingerprint density at radius 3 is 2.82 bits per heavy atom. The number of imidazole rings is 1. The van der Waals surface area contributed by atoms with Gasteiger partial charge >= 0.3 is 0 Å². The molecule has 1 unspecified atom stereocenters. The first kappa shape index (κ1) is 19.2.